The van der Waals surface area contributed by atoms with Gasteiger partial charge in [0, 0.05) is 37.9 Å². The first kappa shape index (κ1) is 96.1. The molecule has 21 rings (SSSR count). The third-order valence-corrected chi connectivity index (χ3v) is 30.9. The lowest BCUT2D eigenvalue weighted by Crippen LogP contribution is -2.34. The number of aliphatic imine (C=N–C) groups is 3. The van der Waals surface area contributed by atoms with Crippen LogP contribution < -0.4 is 33.9 Å². The van der Waals surface area contributed by atoms with Crippen molar-refractivity contribution in [3.8, 4) is 0 Å². The van der Waals surface area contributed by atoms with Gasteiger partial charge in [-0.2, -0.15) is 38.4 Å². The molecule has 135 heavy (non-hydrogen) atoms. The lowest BCUT2D eigenvalue weighted by molar-refractivity contribution is -0.0655. The molecular weight excluding hydrogens is 2080 g/mol. The van der Waals surface area contributed by atoms with Crippen LogP contribution in [0, 0.1) is 0 Å². The average molecular weight is 2140 g/mol. The van der Waals surface area contributed by atoms with Crippen molar-refractivity contribution < 1.29 is 152 Å². The highest BCUT2D eigenvalue weighted by Crippen LogP contribution is 2.62. The number of hydrogen-bond donors (Lipinski definition) is 12. The number of nitrogens with zero attached hydrogens (tertiary/aromatic N) is 23. The lowest BCUT2D eigenvalue weighted by Gasteiger charge is -2.27. The number of thiol groups is 1. The number of halogens is 6. The van der Waals surface area contributed by atoms with Crippen LogP contribution in [0.15, 0.2) is 35.7 Å². The second-order valence-corrected chi connectivity index (χ2v) is 46.9. The van der Waals surface area contributed by atoms with Crippen LogP contribution >= 0.6 is 52.6 Å². The summed E-state index contributed by atoms with van der Waals surface area (Å²) in [5, 5.41) is 37.7. The SMILES string of the molecule is Nc1nc2c(nnn2[C@@H]2O[C@@H]3COP(O)(=S)O[C@H]4[C@H](F)[C@H](n5cnc6c5N=CCC6=O)O[C@@H]4COP(=O)(S)O[C@@H]2[C@@H]3F)c(=O)[nH]1.Nc1nc2c(nnn2[C@@H]2O[C@@H]3COP(O)(=S)O[C@H]4[C@H](F)[C@H](n5nnc6c5N=CCC6=O)O[C@@H]4COP(O)(=S)O[C@@H]2[C@@H]3F)c(=O)[nH]1.Nc1nc2c(nnn2[C@@H]2O[C@@H]3COP(O)(=S)O[C@H]4[C@H](F)[C@H](n5nnc6c5N=CCC6=O)O[C@@H]4COP(O)(=S)O[C@@H]2[C@@H]3F)c(=O)[nH]1. The van der Waals surface area contributed by atoms with Gasteiger partial charge >= 0.3 is 40.4 Å². The highest BCUT2D eigenvalue weighted by Gasteiger charge is 2.60. The number of rotatable bonds is 6. The van der Waals surface area contributed by atoms with Gasteiger partial charge in [-0.05, 0) is 59.0 Å². The Hall–Kier alpha value is -7.76. The molecule has 0 aromatic carbocycles. The van der Waals surface area contributed by atoms with E-state index in [0.29, 0.717) is 0 Å². The molecule has 59 nitrogen and oxygen atoms in total. The first-order chi connectivity index (χ1) is 63.9. The zero-order valence-corrected chi connectivity index (χ0v) is 76.8. The van der Waals surface area contributed by atoms with Gasteiger partial charge < -0.3 is 92.7 Å². The first-order valence-corrected chi connectivity index (χ1v) is 54.3. The summed E-state index contributed by atoms with van der Waals surface area (Å²) < 4.78 is 214. The fraction of sp³-hybridized carbons (Fsp3) is 0.569. The number of hydrogen-bond acceptors (Lipinski definition) is 50. The van der Waals surface area contributed by atoms with Crippen molar-refractivity contribution in [1.82, 2.24) is 114 Å². The van der Waals surface area contributed by atoms with Gasteiger partial charge in [0.2, 0.25) is 17.8 Å². The molecule has 77 heteroatoms. The summed E-state index contributed by atoms with van der Waals surface area (Å²) in [6.07, 6.45) is -36.5. The maximum atomic E-state index is 16.0. The summed E-state index contributed by atoms with van der Waals surface area (Å²) >= 11 is 29.5. The number of H-pyrrole nitrogens is 3. The molecule has 0 amide bonds. The zero-order chi connectivity index (χ0) is 95.5. The standard InChI is InChI=1S/C20H21F2N9O10P2S2.2C19H20F2N10O10P2S2/c21-9-7-3-36-42(34,44)40-13-8(39-18(10(13)22)30-5-25-11-6(32)1-2-24-15(11)30)4-37-43(35,45)41-14(9)19(38-7)31-16-12(28-29-31)17(33)27-20(23)26-16;2*20-8-6-3-36-42(34,44)40-12-7(39-17(9(12)21)30-14-10(26-28-30)5(32)1-2-23-14)4-37-43(35,45)41-13(8)18(38-6)31-15-11(27-29-31)16(33)25-19(22)24-15/h2,5,7-10,13-14,18-19H,1,3-4H2,(H,34,44)(H,35,45)(H3,23,26,27,33);2*2,6-9,12-13,17-18H,1,3-4H2,(H,34,44)(H,35,45)(H3,22,24,25,33)/t7-,8-,9-,10+,13-,14-,18-,19-,42?,43?;2*6-,7-,8-,9+,12-,13-,17-,18-,42?,43?/m111/s1. The molecule has 12 aliphatic heterocycles. The molecule has 9 aromatic heterocycles. The van der Waals surface area contributed by atoms with Crippen LogP contribution in [-0.4, -0.2) is 325 Å². The molecule has 6 unspecified atom stereocenters. The van der Waals surface area contributed by atoms with Gasteiger partial charge in [-0.15, -0.1) is 25.5 Å². The Bertz CT molecular complexity index is 6260. The number of aromatic nitrogens is 23. The zero-order valence-electron chi connectivity index (χ0n) is 66.4. The number of imidazole rings is 1. The van der Waals surface area contributed by atoms with E-state index in [1.54, 1.807) is 0 Å². The number of aromatic amines is 3. The molecular formula is C58H61F6N29O30P6S6. The van der Waals surface area contributed by atoms with Gasteiger partial charge in [-0.3, -0.25) is 80.0 Å². The number of fused-ring (bicyclic) bond motifs is 15. The predicted molar refractivity (Wildman–Crippen MR) is 452 cm³/mol. The molecule has 14 N–H and O–H groups in total. The summed E-state index contributed by atoms with van der Waals surface area (Å²) in [6, 6.07) is 0. The Labute approximate surface area is 772 Å². The number of Topliss-reactive ketones (excluding diaryl/α,β-unsaturated/α-hetero) is 3. The molecule has 726 valence electrons. The van der Waals surface area contributed by atoms with E-state index in [1.165, 1.54) is 18.6 Å². The fourth-order valence-corrected chi connectivity index (χ4v) is 24.0. The van der Waals surface area contributed by atoms with E-state index in [-0.39, 0.29) is 111 Å². The molecule has 0 spiro atoms. The summed E-state index contributed by atoms with van der Waals surface area (Å²) in [5.41, 5.74) is 13.0. The topological polar surface area (TPSA) is 759 Å². The average Bonchev–Trinajstić information content (AvgIpc) is 1.62. The molecule has 9 aromatic rings. The first-order valence-electron chi connectivity index (χ1n) is 38.6. The van der Waals surface area contributed by atoms with Crippen molar-refractivity contribution in [2.24, 2.45) is 15.0 Å². The summed E-state index contributed by atoms with van der Waals surface area (Å²) in [6.45, 7) is -30.9. The van der Waals surface area contributed by atoms with Crippen LogP contribution in [0.25, 0.3) is 33.5 Å². The van der Waals surface area contributed by atoms with Gasteiger partial charge in [-0.1, -0.05) is 38.3 Å². The van der Waals surface area contributed by atoms with E-state index in [4.69, 9.17) is 159 Å². The minimum Gasteiger partial charge on any atom is -0.369 e. The largest absolute Gasteiger partial charge is 0.386 e. The number of alkyl halides is 6. The number of ether oxygens (including phenoxy) is 6. The van der Waals surface area contributed by atoms with Crippen LogP contribution in [-0.2, 0) is 146 Å². The van der Waals surface area contributed by atoms with Crippen molar-refractivity contribution in [2.75, 3.05) is 56.8 Å². The van der Waals surface area contributed by atoms with Crippen molar-refractivity contribution in [2.45, 2.75) is 167 Å². The number of nitrogens with one attached hydrogen (secondary N) is 3. The summed E-state index contributed by atoms with van der Waals surface area (Å²) in [4.78, 5) is 163. The molecule has 6 bridgehead atoms. The van der Waals surface area contributed by atoms with E-state index >= 15 is 26.3 Å². The maximum absolute atomic E-state index is 16.0. The molecule has 9 saturated heterocycles. The Balaban J connectivity index is 0.000000130. The number of nitrogen functional groups attached to an aromatic ring is 3. The highest BCUT2D eigenvalue weighted by molar-refractivity contribution is 8.44. The number of anilines is 3. The van der Waals surface area contributed by atoms with Crippen LogP contribution in [0.2, 0.25) is 0 Å². The van der Waals surface area contributed by atoms with Crippen molar-refractivity contribution in [3.63, 3.8) is 0 Å². The minimum absolute atomic E-state index is 0.00457. The maximum Gasteiger partial charge on any atom is 0.386 e. The molecule has 30 atom stereocenters. The monoisotopic (exact) mass is 2140 g/mol. The van der Waals surface area contributed by atoms with Crippen LogP contribution in [0.4, 0.5) is 61.6 Å². The van der Waals surface area contributed by atoms with Crippen molar-refractivity contribution >= 4 is 216 Å². The molecule has 12 aliphatic rings. The number of nitrogens with two attached hydrogens (primary N) is 3. The van der Waals surface area contributed by atoms with Gasteiger partial charge in [0.1, 0.15) is 73.2 Å². The Kier molecular flexibility index (Phi) is 26.1. The fourth-order valence-electron chi connectivity index (χ4n) is 15.4. The smallest absolute Gasteiger partial charge is 0.369 e. The summed E-state index contributed by atoms with van der Waals surface area (Å²) in [7, 11) is 0. The van der Waals surface area contributed by atoms with Crippen LogP contribution in [0.3, 0.4) is 0 Å². The second kappa shape index (κ2) is 36.7. The van der Waals surface area contributed by atoms with E-state index in [2.05, 4.69) is 114 Å². The summed E-state index contributed by atoms with van der Waals surface area (Å²) in [5.74, 6) is -2.17. The van der Waals surface area contributed by atoms with Crippen LogP contribution in [0.1, 0.15) is 88.1 Å². The quantitative estimate of drug-likeness (QED) is 0.0574. The van der Waals surface area contributed by atoms with E-state index in [1.807, 2.05) is 0 Å². The Morgan fingerprint density at radius 1 is 0.370 bits per heavy atom. The van der Waals surface area contributed by atoms with E-state index in [9.17, 15) is 57.8 Å². The Morgan fingerprint density at radius 3 is 1.02 bits per heavy atom. The molecule has 0 radical (unpaired) electrons. The third-order valence-electron chi connectivity index (χ3n) is 21.4. The number of carbonyl (C=O) groups excluding carboxylic acids is 3. The van der Waals surface area contributed by atoms with E-state index in [0.717, 1.165) is 34.3 Å². The normalized spacial score (nSPS) is 38.8. The Morgan fingerprint density at radius 2 is 0.659 bits per heavy atom. The van der Waals surface area contributed by atoms with Gasteiger partial charge in [0.15, 0.2) is 160 Å². The number of carbonyl (C=O) groups is 3. The van der Waals surface area contributed by atoms with Crippen molar-refractivity contribution in [3.05, 3.63) is 54.5 Å². The second-order valence-electron chi connectivity index (χ2n) is 30.1. The molecule has 9 fully saturated rings. The van der Waals surface area contributed by atoms with Gasteiger partial charge in [0.25, 0.3) is 16.7 Å². The minimum atomic E-state index is -4.53. The molecule has 21 heterocycles. The predicted octanol–water partition coefficient (Wildman–Crippen LogP) is -0.377. The van der Waals surface area contributed by atoms with E-state index < -0.39 is 256 Å². The van der Waals surface area contributed by atoms with Crippen molar-refractivity contribution in [1.29, 1.82) is 0 Å². The number of ketones is 3. The van der Waals surface area contributed by atoms with Gasteiger partial charge in [0.05, 0.1) is 46.0 Å². The van der Waals surface area contributed by atoms with Gasteiger partial charge in [-0.25, -0.2) is 50.9 Å². The van der Waals surface area contributed by atoms with Crippen LogP contribution in [0.5, 0.6) is 0 Å². The molecule has 0 aliphatic carbocycles. The molecule has 0 saturated carbocycles. The highest BCUT2D eigenvalue weighted by atomic mass is 32.7. The third kappa shape index (κ3) is 18.8. The lowest BCUT2D eigenvalue weighted by atomic mass is 10.1.